The number of carbonyl (C=O) groups excluding carboxylic acids is 1. The summed E-state index contributed by atoms with van der Waals surface area (Å²) in [7, 11) is 1.41. The van der Waals surface area contributed by atoms with Crippen molar-refractivity contribution in [3.05, 3.63) is 41.5 Å². The van der Waals surface area contributed by atoms with Gasteiger partial charge in [0.1, 0.15) is 0 Å². The maximum Gasteiger partial charge on any atom is 0.338 e. The molecule has 0 atom stereocenters. The summed E-state index contributed by atoms with van der Waals surface area (Å²) in [4.78, 5) is 11.6. The molecule has 0 unspecified atom stereocenters. The summed E-state index contributed by atoms with van der Waals surface area (Å²) in [5, 5.41) is 0. The van der Waals surface area contributed by atoms with Crippen LogP contribution in [0, 0.1) is 0 Å². The van der Waals surface area contributed by atoms with Crippen molar-refractivity contribution in [1.29, 1.82) is 0 Å². The summed E-state index contributed by atoms with van der Waals surface area (Å²) in [6, 6.07) is 7.54. The van der Waals surface area contributed by atoms with Crippen LogP contribution in [0.2, 0.25) is 0 Å². The average Bonchev–Trinajstić information content (AvgIpc) is 2.46. The third kappa shape index (κ3) is 5.73. The number of methoxy groups -OCH3 is 1. The van der Waals surface area contributed by atoms with E-state index in [1.807, 2.05) is 24.3 Å². The molecule has 19 heavy (non-hydrogen) atoms. The normalized spacial score (nSPS) is 10.8. The predicted octanol–water partition coefficient (Wildman–Crippen LogP) is 4.85. The van der Waals surface area contributed by atoms with Crippen molar-refractivity contribution in [2.45, 2.75) is 45.4 Å². The molecule has 0 spiro atoms. The Balaban J connectivity index is 2.45. The van der Waals surface area contributed by atoms with Gasteiger partial charge in [-0.3, -0.25) is 0 Å². The number of rotatable bonds is 8. The number of benzene rings is 1. The first-order valence-electron chi connectivity index (χ1n) is 7.13. The summed E-state index contributed by atoms with van der Waals surface area (Å²) >= 11 is 0. The van der Waals surface area contributed by atoms with Gasteiger partial charge in [-0.2, -0.15) is 0 Å². The third-order valence-corrected chi connectivity index (χ3v) is 3.14. The molecule has 1 aromatic rings. The molecule has 0 aliphatic carbocycles. The number of allylic oxidation sites excluding steroid dienone is 1. The average molecular weight is 260 g/mol. The van der Waals surface area contributed by atoms with Crippen LogP contribution in [0.3, 0.4) is 0 Å². The molecule has 1 rings (SSSR count). The molecule has 0 radical (unpaired) electrons. The Kier molecular flexibility index (Phi) is 7.64. The lowest BCUT2D eigenvalue weighted by Crippen LogP contribution is -2.02. The maximum atomic E-state index is 11.6. The van der Waals surface area contributed by atoms with Crippen molar-refractivity contribution in [2.24, 2.45) is 0 Å². The Labute approximate surface area is 116 Å². The van der Waals surface area contributed by atoms with Gasteiger partial charge in [0.2, 0.25) is 0 Å². The fourth-order valence-electron chi connectivity index (χ4n) is 2.01. The summed E-state index contributed by atoms with van der Waals surface area (Å²) in [5.41, 5.74) is 1.56. The SMILES string of the molecule is CCCCCCCC=Cc1ccccc1C(=O)OC. The summed E-state index contributed by atoms with van der Waals surface area (Å²) in [5.74, 6) is -0.275. The van der Waals surface area contributed by atoms with E-state index in [1.165, 1.54) is 39.2 Å². The van der Waals surface area contributed by atoms with Crippen molar-refractivity contribution in [3.8, 4) is 0 Å². The van der Waals surface area contributed by atoms with E-state index in [4.69, 9.17) is 4.74 Å². The van der Waals surface area contributed by atoms with E-state index in [9.17, 15) is 4.79 Å². The van der Waals surface area contributed by atoms with Crippen molar-refractivity contribution in [1.82, 2.24) is 0 Å². The van der Waals surface area contributed by atoms with E-state index in [0.717, 1.165) is 12.0 Å². The van der Waals surface area contributed by atoms with Crippen LogP contribution in [-0.2, 0) is 4.74 Å². The first-order chi connectivity index (χ1) is 9.29. The second-order valence-electron chi connectivity index (χ2n) is 4.68. The summed E-state index contributed by atoms with van der Waals surface area (Å²) in [6.45, 7) is 2.23. The quantitative estimate of drug-likeness (QED) is 0.493. The van der Waals surface area contributed by atoms with Crippen LogP contribution < -0.4 is 0 Å². The summed E-state index contributed by atoms with van der Waals surface area (Å²) < 4.78 is 4.78. The Morgan fingerprint density at radius 2 is 1.89 bits per heavy atom. The molecule has 0 saturated carbocycles. The lowest BCUT2D eigenvalue weighted by molar-refractivity contribution is 0.0600. The molecule has 0 aliphatic heterocycles. The molecule has 0 bridgehead atoms. The van der Waals surface area contributed by atoms with Crippen LogP contribution in [-0.4, -0.2) is 13.1 Å². The first kappa shape index (κ1) is 15.5. The van der Waals surface area contributed by atoms with Gasteiger partial charge in [0, 0.05) is 0 Å². The van der Waals surface area contributed by atoms with Crippen LogP contribution in [0.5, 0.6) is 0 Å². The molecule has 0 N–H and O–H groups in total. The fraction of sp³-hybridized carbons (Fsp3) is 0.471. The van der Waals surface area contributed by atoms with Crippen molar-refractivity contribution in [2.75, 3.05) is 7.11 Å². The Hall–Kier alpha value is -1.57. The molecule has 0 saturated heterocycles. The van der Waals surface area contributed by atoms with Gasteiger partial charge in [0.05, 0.1) is 12.7 Å². The van der Waals surface area contributed by atoms with Gasteiger partial charge in [0.25, 0.3) is 0 Å². The van der Waals surface area contributed by atoms with E-state index < -0.39 is 0 Å². The van der Waals surface area contributed by atoms with E-state index >= 15 is 0 Å². The third-order valence-electron chi connectivity index (χ3n) is 3.14. The molecule has 1 aromatic carbocycles. The van der Waals surface area contributed by atoms with E-state index in [2.05, 4.69) is 13.0 Å². The van der Waals surface area contributed by atoms with Crippen LogP contribution >= 0.6 is 0 Å². The summed E-state index contributed by atoms with van der Waals surface area (Å²) in [6.07, 6.45) is 11.7. The molecule has 2 nitrogen and oxygen atoms in total. The minimum absolute atomic E-state index is 0.275. The number of esters is 1. The Bertz CT molecular complexity index is 407. The van der Waals surface area contributed by atoms with Crippen LogP contribution in [0.4, 0.5) is 0 Å². The number of carbonyl (C=O) groups is 1. The molecule has 0 heterocycles. The molecule has 2 heteroatoms. The molecule has 0 amide bonds. The minimum atomic E-state index is -0.275. The van der Waals surface area contributed by atoms with E-state index in [0.29, 0.717) is 5.56 Å². The largest absolute Gasteiger partial charge is 0.465 e. The van der Waals surface area contributed by atoms with Gasteiger partial charge in [-0.1, -0.05) is 63.0 Å². The molecule has 0 aliphatic rings. The van der Waals surface area contributed by atoms with Gasteiger partial charge in [-0.05, 0) is 24.5 Å². The van der Waals surface area contributed by atoms with Crippen molar-refractivity contribution >= 4 is 12.0 Å². The van der Waals surface area contributed by atoms with Crippen molar-refractivity contribution in [3.63, 3.8) is 0 Å². The molecular weight excluding hydrogens is 236 g/mol. The smallest absolute Gasteiger partial charge is 0.338 e. The lowest BCUT2D eigenvalue weighted by atomic mass is 10.1. The molecular formula is C17H24O2. The van der Waals surface area contributed by atoms with E-state index in [1.54, 1.807) is 6.07 Å². The van der Waals surface area contributed by atoms with Gasteiger partial charge < -0.3 is 4.74 Å². The zero-order valence-corrected chi connectivity index (χ0v) is 12.0. The highest BCUT2D eigenvalue weighted by atomic mass is 16.5. The minimum Gasteiger partial charge on any atom is -0.465 e. The number of ether oxygens (including phenoxy) is 1. The second kappa shape index (κ2) is 9.37. The van der Waals surface area contributed by atoms with Crippen LogP contribution in [0.25, 0.3) is 6.08 Å². The Morgan fingerprint density at radius 1 is 1.16 bits per heavy atom. The van der Waals surface area contributed by atoms with Gasteiger partial charge in [-0.15, -0.1) is 0 Å². The monoisotopic (exact) mass is 260 g/mol. The zero-order valence-electron chi connectivity index (χ0n) is 12.0. The van der Waals surface area contributed by atoms with Crippen LogP contribution in [0.1, 0.15) is 61.4 Å². The van der Waals surface area contributed by atoms with Crippen LogP contribution in [0.15, 0.2) is 30.3 Å². The molecule has 104 valence electrons. The van der Waals surface area contributed by atoms with Gasteiger partial charge in [-0.25, -0.2) is 4.79 Å². The number of hydrogen-bond donors (Lipinski definition) is 0. The van der Waals surface area contributed by atoms with Gasteiger partial charge in [0.15, 0.2) is 0 Å². The standard InChI is InChI=1S/C17H24O2/c1-3-4-5-6-7-8-9-12-15-13-10-11-14-16(15)17(18)19-2/h9-14H,3-8H2,1-2H3. The topological polar surface area (TPSA) is 26.3 Å². The van der Waals surface area contributed by atoms with E-state index in [-0.39, 0.29) is 5.97 Å². The Morgan fingerprint density at radius 3 is 2.63 bits per heavy atom. The highest BCUT2D eigenvalue weighted by molar-refractivity contribution is 5.93. The first-order valence-corrected chi connectivity index (χ1v) is 7.13. The molecule has 0 fully saturated rings. The predicted molar refractivity (Wildman–Crippen MR) is 80.2 cm³/mol. The number of hydrogen-bond acceptors (Lipinski definition) is 2. The van der Waals surface area contributed by atoms with Crippen molar-refractivity contribution < 1.29 is 9.53 Å². The zero-order chi connectivity index (χ0) is 13.9. The fourth-order valence-corrected chi connectivity index (χ4v) is 2.01. The highest BCUT2D eigenvalue weighted by Crippen LogP contribution is 2.13. The second-order valence-corrected chi connectivity index (χ2v) is 4.68. The lowest BCUT2D eigenvalue weighted by Gasteiger charge is -2.03. The maximum absolute atomic E-state index is 11.6. The number of unbranched alkanes of at least 4 members (excludes halogenated alkanes) is 5. The highest BCUT2D eigenvalue weighted by Gasteiger charge is 2.07. The molecule has 0 aromatic heterocycles. The van der Waals surface area contributed by atoms with Gasteiger partial charge >= 0.3 is 5.97 Å².